The number of carbonyl (C=O) groups excluding carboxylic acids is 1. The monoisotopic (exact) mass is 347 g/mol. The fourth-order valence-electron chi connectivity index (χ4n) is 2.17. The molecule has 2 rings (SSSR count). The van der Waals surface area contributed by atoms with E-state index in [0.717, 1.165) is 0 Å². The standard InChI is InChI=1S/C14H16F3N3O2S/c1-10(21)19-6-8-20(9-7-19)13(23)18-11-2-4-12(5-3-11)22-14(15,16)17/h2-5H,6-9H2,1H3,(H,18,23). The molecule has 1 N–H and O–H groups in total. The van der Waals surface area contributed by atoms with Crippen LogP contribution in [-0.2, 0) is 4.79 Å². The number of amides is 1. The maximum atomic E-state index is 12.1. The van der Waals surface area contributed by atoms with E-state index >= 15 is 0 Å². The quantitative estimate of drug-likeness (QED) is 0.833. The summed E-state index contributed by atoms with van der Waals surface area (Å²) in [5.74, 6) is -0.257. The van der Waals surface area contributed by atoms with Gasteiger partial charge in [-0.1, -0.05) is 0 Å². The van der Waals surface area contributed by atoms with Crippen LogP contribution in [0.3, 0.4) is 0 Å². The number of rotatable bonds is 2. The molecule has 0 atom stereocenters. The summed E-state index contributed by atoms with van der Waals surface area (Å²) in [6, 6.07) is 5.34. The summed E-state index contributed by atoms with van der Waals surface area (Å²) >= 11 is 5.28. The average Bonchev–Trinajstić information content (AvgIpc) is 2.48. The minimum Gasteiger partial charge on any atom is -0.406 e. The van der Waals surface area contributed by atoms with Crippen LogP contribution >= 0.6 is 12.2 Å². The van der Waals surface area contributed by atoms with Crippen molar-refractivity contribution < 1.29 is 22.7 Å². The first-order chi connectivity index (χ1) is 10.7. The van der Waals surface area contributed by atoms with Gasteiger partial charge in [0, 0.05) is 38.8 Å². The van der Waals surface area contributed by atoms with Gasteiger partial charge in [0.25, 0.3) is 0 Å². The minimum absolute atomic E-state index is 0.0313. The van der Waals surface area contributed by atoms with Gasteiger partial charge in [-0.05, 0) is 36.5 Å². The fraction of sp³-hybridized carbons (Fsp3) is 0.429. The molecular formula is C14H16F3N3O2S. The number of anilines is 1. The van der Waals surface area contributed by atoms with Crippen LogP contribution in [0.1, 0.15) is 6.92 Å². The van der Waals surface area contributed by atoms with E-state index in [-0.39, 0.29) is 11.7 Å². The van der Waals surface area contributed by atoms with Gasteiger partial charge in [0.2, 0.25) is 5.91 Å². The van der Waals surface area contributed by atoms with E-state index in [1.807, 2.05) is 4.90 Å². The number of hydrogen-bond acceptors (Lipinski definition) is 3. The number of thiocarbonyl (C=S) groups is 1. The van der Waals surface area contributed by atoms with Gasteiger partial charge < -0.3 is 19.9 Å². The SMILES string of the molecule is CC(=O)N1CCN(C(=S)Nc2ccc(OC(F)(F)F)cc2)CC1. The number of benzene rings is 1. The highest BCUT2D eigenvalue weighted by molar-refractivity contribution is 7.80. The highest BCUT2D eigenvalue weighted by atomic mass is 32.1. The molecule has 0 unspecified atom stereocenters. The number of halogens is 3. The maximum absolute atomic E-state index is 12.1. The molecule has 126 valence electrons. The second-order valence-corrected chi connectivity index (χ2v) is 5.38. The highest BCUT2D eigenvalue weighted by Gasteiger charge is 2.31. The van der Waals surface area contributed by atoms with Gasteiger partial charge in [-0.25, -0.2) is 0 Å². The van der Waals surface area contributed by atoms with E-state index in [1.165, 1.54) is 31.2 Å². The van der Waals surface area contributed by atoms with Crippen molar-refractivity contribution >= 4 is 28.9 Å². The topological polar surface area (TPSA) is 44.8 Å². The zero-order valence-electron chi connectivity index (χ0n) is 12.4. The summed E-state index contributed by atoms with van der Waals surface area (Å²) in [5, 5.41) is 3.43. The van der Waals surface area contributed by atoms with Gasteiger partial charge in [0.1, 0.15) is 5.75 Å². The van der Waals surface area contributed by atoms with Gasteiger partial charge >= 0.3 is 6.36 Å². The molecule has 0 saturated carbocycles. The third-order valence-electron chi connectivity index (χ3n) is 3.35. The van der Waals surface area contributed by atoms with E-state index in [9.17, 15) is 18.0 Å². The van der Waals surface area contributed by atoms with Crippen LogP contribution in [0, 0.1) is 0 Å². The van der Waals surface area contributed by atoms with Gasteiger partial charge in [-0.15, -0.1) is 13.2 Å². The van der Waals surface area contributed by atoms with E-state index in [0.29, 0.717) is 37.0 Å². The third kappa shape index (κ3) is 5.27. The fourth-order valence-corrected chi connectivity index (χ4v) is 2.47. The van der Waals surface area contributed by atoms with Crippen molar-refractivity contribution in [3.63, 3.8) is 0 Å². The van der Waals surface area contributed by atoms with Crippen molar-refractivity contribution in [3.8, 4) is 5.75 Å². The van der Waals surface area contributed by atoms with Crippen molar-refractivity contribution in [2.45, 2.75) is 13.3 Å². The lowest BCUT2D eigenvalue weighted by Gasteiger charge is -2.35. The molecule has 1 fully saturated rings. The van der Waals surface area contributed by atoms with Crippen molar-refractivity contribution in [2.75, 3.05) is 31.5 Å². The number of ether oxygens (including phenoxy) is 1. The molecule has 1 aliphatic rings. The number of nitrogens with one attached hydrogen (secondary N) is 1. The Hall–Kier alpha value is -2.03. The number of piperazine rings is 1. The van der Waals surface area contributed by atoms with Crippen molar-refractivity contribution in [1.82, 2.24) is 9.80 Å². The predicted octanol–water partition coefficient (Wildman–Crippen LogP) is 2.45. The summed E-state index contributed by atoms with van der Waals surface area (Å²) in [7, 11) is 0. The summed E-state index contributed by atoms with van der Waals surface area (Å²) in [6.45, 7) is 3.93. The van der Waals surface area contributed by atoms with Crippen LogP contribution < -0.4 is 10.1 Å². The van der Waals surface area contributed by atoms with Gasteiger partial charge in [-0.2, -0.15) is 0 Å². The van der Waals surface area contributed by atoms with E-state index < -0.39 is 6.36 Å². The van der Waals surface area contributed by atoms with E-state index in [2.05, 4.69) is 10.1 Å². The molecule has 1 heterocycles. The Morgan fingerprint density at radius 3 is 2.13 bits per heavy atom. The second kappa shape index (κ2) is 7.03. The van der Waals surface area contributed by atoms with Crippen LogP contribution in [-0.4, -0.2) is 53.4 Å². The molecular weight excluding hydrogens is 331 g/mol. The molecule has 0 radical (unpaired) electrons. The van der Waals surface area contributed by atoms with Gasteiger partial charge in [0.15, 0.2) is 5.11 Å². The Morgan fingerprint density at radius 2 is 1.65 bits per heavy atom. The molecule has 0 bridgehead atoms. The zero-order chi connectivity index (χ0) is 17.0. The maximum Gasteiger partial charge on any atom is 0.573 e. The van der Waals surface area contributed by atoms with Crippen molar-refractivity contribution in [2.24, 2.45) is 0 Å². The first-order valence-electron chi connectivity index (χ1n) is 6.92. The average molecular weight is 347 g/mol. The van der Waals surface area contributed by atoms with Crippen LogP contribution in [0.5, 0.6) is 5.75 Å². The Bertz CT molecular complexity index is 570. The molecule has 0 spiro atoms. The van der Waals surface area contributed by atoms with Crippen LogP contribution in [0.15, 0.2) is 24.3 Å². The van der Waals surface area contributed by atoms with E-state index in [1.54, 1.807) is 4.90 Å². The highest BCUT2D eigenvalue weighted by Crippen LogP contribution is 2.24. The lowest BCUT2D eigenvalue weighted by atomic mass is 10.3. The Labute approximate surface area is 137 Å². The molecule has 9 heteroatoms. The molecule has 0 aliphatic carbocycles. The van der Waals surface area contributed by atoms with Crippen LogP contribution in [0.4, 0.5) is 18.9 Å². The summed E-state index contributed by atoms with van der Waals surface area (Å²) in [4.78, 5) is 14.9. The third-order valence-corrected chi connectivity index (χ3v) is 3.71. The number of nitrogens with zero attached hydrogens (tertiary/aromatic N) is 2. The van der Waals surface area contributed by atoms with Gasteiger partial charge in [0.05, 0.1) is 0 Å². The van der Waals surface area contributed by atoms with E-state index in [4.69, 9.17) is 12.2 Å². The van der Waals surface area contributed by atoms with Crippen molar-refractivity contribution in [3.05, 3.63) is 24.3 Å². The molecule has 1 aromatic carbocycles. The number of alkyl halides is 3. The van der Waals surface area contributed by atoms with Crippen LogP contribution in [0.25, 0.3) is 0 Å². The smallest absolute Gasteiger partial charge is 0.406 e. The molecule has 1 aromatic rings. The molecule has 1 amide bonds. The normalized spacial score (nSPS) is 15.3. The molecule has 23 heavy (non-hydrogen) atoms. The Kier molecular flexibility index (Phi) is 5.30. The largest absolute Gasteiger partial charge is 0.573 e. The second-order valence-electron chi connectivity index (χ2n) is 5.00. The van der Waals surface area contributed by atoms with Crippen LogP contribution in [0.2, 0.25) is 0 Å². The Balaban J connectivity index is 1.87. The molecule has 1 saturated heterocycles. The molecule has 0 aromatic heterocycles. The van der Waals surface area contributed by atoms with Gasteiger partial charge in [-0.3, -0.25) is 4.79 Å². The summed E-state index contributed by atoms with van der Waals surface area (Å²) in [5.41, 5.74) is 0.568. The number of carbonyl (C=O) groups is 1. The van der Waals surface area contributed by atoms with Crippen molar-refractivity contribution in [1.29, 1.82) is 0 Å². The molecule has 1 aliphatic heterocycles. The first kappa shape index (κ1) is 17.3. The minimum atomic E-state index is -4.71. The Morgan fingerprint density at radius 1 is 1.13 bits per heavy atom. The first-order valence-corrected chi connectivity index (χ1v) is 7.33. The zero-order valence-corrected chi connectivity index (χ0v) is 13.2. The number of hydrogen-bond donors (Lipinski definition) is 1. The lowest BCUT2D eigenvalue weighted by molar-refractivity contribution is -0.274. The summed E-state index contributed by atoms with van der Waals surface area (Å²) < 4.78 is 40.1. The summed E-state index contributed by atoms with van der Waals surface area (Å²) in [6.07, 6.45) is -4.71. The lowest BCUT2D eigenvalue weighted by Crippen LogP contribution is -2.51. The molecule has 5 nitrogen and oxygen atoms in total. The predicted molar refractivity (Wildman–Crippen MR) is 83.2 cm³/mol.